The van der Waals surface area contributed by atoms with Crippen molar-refractivity contribution in [1.82, 2.24) is 15.2 Å². The average molecular weight is 263 g/mol. The zero-order valence-electron chi connectivity index (χ0n) is 10.7. The second-order valence-corrected chi connectivity index (χ2v) is 4.08. The number of amides is 2. The summed E-state index contributed by atoms with van der Waals surface area (Å²) in [4.78, 5) is 28.1. The number of carboxylic acids is 1. The number of carbonyl (C=O) groups excluding carboxylic acids is 1. The van der Waals surface area contributed by atoms with Gasteiger partial charge in [-0.05, 0) is 18.1 Å². The van der Waals surface area contributed by atoms with Crippen LogP contribution in [-0.4, -0.2) is 40.1 Å². The summed E-state index contributed by atoms with van der Waals surface area (Å²) >= 11 is 0. The lowest BCUT2D eigenvalue weighted by atomic mass is 10.2. The van der Waals surface area contributed by atoms with E-state index >= 15 is 0 Å². The maximum atomic E-state index is 11.8. The fourth-order valence-corrected chi connectivity index (χ4v) is 1.48. The van der Waals surface area contributed by atoms with Gasteiger partial charge in [0.1, 0.15) is 6.04 Å². The third-order valence-electron chi connectivity index (χ3n) is 2.49. The van der Waals surface area contributed by atoms with Gasteiger partial charge in [0.2, 0.25) is 0 Å². The Morgan fingerprint density at radius 2 is 2.37 bits per heavy atom. The summed E-state index contributed by atoms with van der Waals surface area (Å²) < 4.78 is 0. The summed E-state index contributed by atoms with van der Waals surface area (Å²) in [6.07, 6.45) is 4.94. The largest absolute Gasteiger partial charge is 0.480 e. The van der Waals surface area contributed by atoms with E-state index < -0.39 is 18.0 Å². The van der Waals surface area contributed by atoms with E-state index in [2.05, 4.69) is 16.9 Å². The zero-order valence-corrected chi connectivity index (χ0v) is 10.7. The zero-order chi connectivity index (χ0) is 14.3. The van der Waals surface area contributed by atoms with Crippen molar-refractivity contribution < 1.29 is 14.7 Å². The summed E-state index contributed by atoms with van der Waals surface area (Å²) in [5, 5.41) is 11.4. The Balaban J connectivity index is 2.56. The summed E-state index contributed by atoms with van der Waals surface area (Å²) in [5.74, 6) is -1.08. The number of hydrogen-bond acceptors (Lipinski definition) is 3. The molecule has 0 radical (unpaired) electrons. The van der Waals surface area contributed by atoms with Gasteiger partial charge in [-0.15, -0.1) is 6.58 Å². The highest BCUT2D eigenvalue weighted by Gasteiger charge is 2.20. The van der Waals surface area contributed by atoms with Crippen molar-refractivity contribution in [2.24, 2.45) is 0 Å². The maximum absolute atomic E-state index is 11.8. The third kappa shape index (κ3) is 4.79. The molecule has 0 aliphatic heterocycles. The fraction of sp³-hybridized carbons (Fsp3) is 0.308. The van der Waals surface area contributed by atoms with Crippen LogP contribution in [0.5, 0.6) is 0 Å². The molecule has 1 rings (SSSR count). The van der Waals surface area contributed by atoms with Gasteiger partial charge in [-0.2, -0.15) is 0 Å². The molecule has 2 N–H and O–H groups in total. The van der Waals surface area contributed by atoms with Crippen LogP contribution in [0.2, 0.25) is 0 Å². The second kappa shape index (κ2) is 7.15. The molecule has 0 saturated carbocycles. The van der Waals surface area contributed by atoms with Crippen LogP contribution in [0.4, 0.5) is 4.79 Å². The molecule has 6 heteroatoms. The van der Waals surface area contributed by atoms with Crippen molar-refractivity contribution in [2.45, 2.75) is 19.0 Å². The predicted molar refractivity (Wildman–Crippen MR) is 70.5 cm³/mol. The maximum Gasteiger partial charge on any atom is 0.326 e. The Morgan fingerprint density at radius 3 is 2.89 bits per heavy atom. The lowest BCUT2D eigenvalue weighted by Crippen LogP contribution is -2.46. The minimum atomic E-state index is -1.08. The molecule has 102 valence electrons. The van der Waals surface area contributed by atoms with Crippen molar-refractivity contribution in [2.75, 3.05) is 7.05 Å². The van der Waals surface area contributed by atoms with Gasteiger partial charge < -0.3 is 15.3 Å². The number of aliphatic carboxylic acids is 1. The third-order valence-corrected chi connectivity index (χ3v) is 2.49. The Bertz CT molecular complexity index is 448. The Labute approximate surface area is 111 Å². The summed E-state index contributed by atoms with van der Waals surface area (Å²) in [6, 6.07) is 2.22. The molecule has 1 unspecified atom stereocenters. The van der Waals surface area contributed by atoms with E-state index in [0.29, 0.717) is 6.54 Å². The standard InChI is InChI=1S/C13H17N3O3/c1-3-5-11(12(17)18)15-13(19)16(2)9-10-6-4-7-14-8-10/h3-4,6-8,11H,1,5,9H2,2H3,(H,15,19)(H,17,18). The summed E-state index contributed by atoms with van der Waals surface area (Å²) in [6.45, 7) is 3.83. The van der Waals surface area contributed by atoms with Crippen molar-refractivity contribution in [3.8, 4) is 0 Å². The number of nitrogens with one attached hydrogen (secondary N) is 1. The highest BCUT2D eigenvalue weighted by atomic mass is 16.4. The molecule has 0 aromatic carbocycles. The molecule has 0 spiro atoms. The molecular weight excluding hydrogens is 246 g/mol. The van der Waals surface area contributed by atoms with Gasteiger partial charge >= 0.3 is 12.0 Å². The molecule has 0 bridgehead atoms. The summed E-state index contributed by atoms with van der Waals surface area (Å²) in [7, 11) is 1.59. The Hall–Kier alpha value is -2.37. The number of aromatic nitrogens is 1. The quantitative estimate of drug-likeness (QED) is 0.757. The van der Waals surface area contributed by atoms with Gasteiger partial charge in [-0.3, -0.25) is 4.98 Å². The normalized spacial score (nSPS) is 11.4. The lowest BCUT2D eigenvalue weighted by molar-refractivity contribution is -0.139. The van der Waals surface area contributed by atoms with E-state index in [1.54, 1.807) is 25.5 Å². The highest BCUT2D eigenvalue weighted by Crippen LogP contribution is 2.02. The molecule has 0 aliphatic rings. The predicted octanol–water partition coefficient (Wildman–Crippen LogP) is 1.25. The molecule has 1 heterocycles. The first-order valence-corrected chi connectivity index (χ1v) is 5.78. The molecular formula is C13H17N3O3. The second-order valence-electron chi connectivity index (χ2n) is 4.08. The van der Waals surface area contributed by atoms with Crippen LogP contribution in [0.15, 0.2) is 37.2 Å². The Kier molecular flexibility index (Phi) is 5.53. The molecule has 0 aliphatic carbocycles. The smallest absolute Gasteiger partial charge is 0.326 e. The van der Waals surface area contributed by atoms with Gasteiger partial charge in [-0.25, -0.2) is 9.59 Å². The van der Waals surface area contributed by atoms with Crippen LogP contribution in [-0.2, 0) is 11.3 Å². The van der Waals surface area contributed by atoms with E-state index in [-0.39, 0.29) is 6.42 Å². The van der Waals surface area contributed by atoms with Crippen LogP contribution >= 0.6 is 0 Å². The van der Waals surface area contributed by atoms with Crippen molar-refractivity contribution in [1.29, 1.82) is 0 Å². The molecule has 2 amide bonds. The van der Waals surface area contributed by atoms with E-state index in [1.807, 2.05) is 6.07 Å². The number of hydrogen-bond donors (Lipinski definition) is 2. The first-order chi connectivity index (χ1) is 9.04. The molecule has 6 nitrogen and oxygen atoms in total. The van der Waals surface area contributed by atoms with Crippen LogP contribution < -0.4 is 5.32 Å². The topological polar surface area (TPSA) is 82.5 Å². The van der Waals surface area contributed by atoms with Gasteiger partial charge in [0, 0.05) is 26.0 Å². The number of carboxylic acid groups (broad SMARTS) is 1. The monoisotopic (exact) mass is 263 g/mol. The lowest BCUT2D eigenvalue weighted by Gasteiger charge is -2.20. The first kappa shape index (κ1) is 14.7. The number of urea groups is 1. The van der Waals surface area contributed by atoms with Gasteiger partial charge in [-0.1, -0.05) is 12.1 Å². The molecule has 0 saturated heterocycles. The fourth-order valence-electron chi connectivity index (χ4n) is 1.48. The SMILES string of the molecule is C=CCC(NC(=O)N(C)Cc1cccnc1)C(=O)O. The minimum absolute atomic E-state index is 0.182. The minimum Gasteiger partial charge on any atom is -0.480 e. The van der Waals surface area contributed by atoms with Crippen molar-refractivity contribution in [3.05, 3.63) is 42.7 Å². The van der Waals surface area contributed by atoms with E-state index in [1.165, 1.54) is 11.0 Å². The van der Waals surface area contributed by atoms with Crippen LogP contribution in [0.1, 0.15) is 12.0 Å². The van der Waals surface area contributed by atoms with Crippen molar-refractivity contribution >= 4 is 12.0 Å². The molecule has 19 heavy (non-hydrogen) atoms. The van der Waals surface area contributed by atoms with Crippen LogP contribution in [0, 0.1) is 0 Å². The number of carbonyl (C=O) groups is 2. The van der Waals surface area contributed by atoms with Crippen LogP contribution in [0.3, 0.4) is 0 Å². The van der Waals surface area contributed by atoms with Crippen LogP contribution in [0.25, 0.3) is 0 Å². The molecule has 1 aromatic rings. The average Bonchev–Trinajstić information content (AvgIpc) is 2.39. The Morgan fingerprint density at radius 1 is 1.63 bits per heavy atom. The van der Waals surface area contributed by atoms with Crippen molar-refractivity contribution in [3.63, 3.8) is 0 Å². The van der Waals surface area contributed by atoms with Gasteiger partial charge in [0.15, 0.2) is 0 Å². The summed E-state index contributed by atoms with van der Waals surface area (Å²) in [5.41, 5.74) is 0.871. The molecule has 1 aromatic heterocycles. The molecule has 1 atom stereocenters. The van der Waals surface area contributed by atoms with E-state index in [4.69, 9.17) is 5.11 Å². The number of nitrogens with zero attached hydrogens (tertiary/aromatic N) is 2. The van der Waals surface area contributed by atoms with Gasteiger partial charge in [0.25, 0.3) is 0 Å². The first-order valence-electron chi connectivity index (χ1n) is 5.78. The van der Waals surface area contributed by atoms with E-state index in [0.717, 1.165) is 5.56 Å². The van der Waals surface area contributed by atoms with E-state index in [9.17, 15) is 9.59 Å². The van der Waals surface area contributed by atoms with Gasteiger partial charge in [0.05, 0.1) is 0 Å². The number of pyridine rings is 1. The highest BCUT2D eigenvalue weighted by molar-refractivity contribution is 5.82. The molecule has 0 fully saturated rings. The number of rotatable bonds is 6.